The molecule has 0 atom stereocenters. The van der Waals surface area contributed by atoms with Gasteiger partial charge in [-0.05, 0) is 12.8 Å². The topological polar surface area (TPSA) is 46.5 Å². The summed E-state index contributed by atoms with van der Waals surface area (Å²) in [5, 5.41) is 8.69. The average molecular weight is 401 g/mol. The smallest absolute Gasteiger partial charge is 0.361 e. The highest BCUT2D eigenvalue weighted by Gasteiger charge is 2.20. The number of aliphatic hydroxyl groups excluding tert-OH is 1. The third kappa shape index (κ3) is 20.1. The van der Waals surface area contributed by atoms with E-state index in [2.05, 4.69) is 21.0 Å². The van der Waals surface area contributed by atoms with E-state index >= 15 is 0 Å². The van der Waals surface area contributed by atoms with Crippen molar-refractivity contribution in [3.63, 3.8) is 0 Å². The lowest BCUT2D eigenvalue weighted by Gasteiger charge is -2.28. The van der Waals surface area contributed by atoms with E-state index in [1.165, 1.54) is 103 Å². The third-order valence-electron chi connectivity index (χ3n) is 5.53. The molecule has 4 heteroatoms. The van der Waals surface area contributed by atoms with Crippen LogP contribution in [0, 0.1) is 0 Å². The van der Waals surface area contributed by atoms with Gasteiger partial charge in [0.2, 0.25) is 0 Å². The number of hydrogen-bond acceptors (Lipinski definition) is 3. The van der Waals surface area contributed by atoms with Crippen LogP contribution in [0.25, 0.3) is 0 Å². The van der Waals surface area contributed by atoms with E-state index in [0.717, 1.165) is 6.54 Å². The fourth-order valence-corrected chi connectivity index (χ4v) is 3.72. The van der Waals surface area contributed by atoms with Crippen LogP contribution in [0.4, 0.5) is 0 Å². The Balaban J connectivity index is 3.31. The predicted octanol–water partition coefficient (Wildman–Crippen LogP) is 5.86. The SMILES string of the molecule is CCCCCCCCCCCCCCCCCC[N+](C)(C)CC(=O)OCCO. The maximum Gasteiger partial charge on any atom is 0.361 e. The molecular formula is C24H50NO3+. The first-order chi connectivity index (χ1) is 13.5. The number of aliphatic hydroxyl groups is 1. The van der Waals surface area contributed by atoms with Crippen molar-refractivity contribution in [2.24, 2.45) is 0 Å². The van der Waals surface area contributed by atoms with Crippen molar-refractivity contribution >= 4 is 5.97 Å². The molecule has 0 aliphatic heterocycles. The lowest BCUT2D eigenvalue weighted by atomic mass is 10.0. The summed E-state index contributed by atoms with van der Waals surface area (Å²) in [6, 6.07) is 0. The number of carbonyl (C=O) groups is 1. The van der Waals surface area contributed by atoms with Crippen molar-refractivity contribution in [3.05, 3.63) is 0 Å². The monoisotopic (exact) mass is 400 g/mol. The average Bonchev–Trinajstić information content (AvgIpc) is 2.65. The molecule has 0 aromatic carbocycles. The highest BCUT2D eigenvalue weighted by molar-refractivity contribution is 5.70. The van der Waals surface area contributed by atoms with Crippen LogP contribution >= 0.6 is 0 Å². The van der Waals surface area contributed by atoms with Crippen LogP contribution in [-0.4, -0.2) is 56.0 Å². The van der Waals surface area contributed by atoms with Crippen LogP contribution in [0.5, 0.6) is 0 Å². The number of ether oxygens (including phenoxy) is 1. The maximum absolute atomic E-state index is 11.6. The molecule has 0 fully saturated rings. The van der Waals surface area contributed by atoms with E-state index in [-0.39, 0.29) is 19.2 Å². The first-order valence-electron chi connectivity index (χ1n) is 12.1. The van der Waals surface area contributed by atoms with Crippen LogP contribution in [-0.2, 0) is 9.53 Å². The molecule has 0 amide bonds. The second-order valence-corrected chi connectivity index (χ2v) is 9.06. The van der Waals surface area contributed by atoms with Crippen molar-refractivity contribution in [3.8, 4) is 0 Å². The number of carbonyl (C=O) groups excluding carboxylic acids is 1. The van der Waals surface area contributed by atoms with E-state index in [1.807, 2.05) is 0 Å². The Morgan fingerprint density at radius 2 is 1.11 bits per heavy atom. The van der Waals surface area contributed by atoms with Crippen molar-refractivity contribution in [2.75, 3.05) is 40.4 Å². The molecule has 0 aliphatic rings. The van der Waals surface area contributed by atoms with Gasteiger partial charge in [-0.15, -0.1) is 0 Å². The number of quaternary nitrogens is 1. The van der Waals surface area contributed by atoms with Gasteiger partial charge in [0.1, 0.15) is 6.61 Å². The standard InChI is InChI=1S/C24H50NO3/c1-4-5-6-7-8-9-10-11-12-13-14-15-16-17-18-19-20-25(2,3)23-24(27)28-22-21-26/h26H,4-23H2,1-3H3/q+1. The molecule has 168 valence electrons. The van der Waals surface area contributed by atoms with Crippen LogP contribution in [0.15, 0.2) is 0 Å². The van der Waals surface area contributed by atoms with Crippen molar-refractivity contribution in [1.29, 1.82) is 0 Å². The summed E-state index contributed by atoms with van der Waals surface area (Å²) in [5.74, 6) is -0.212. The number of unbranched alkanes of at least 4 members (excludes halogenated alkanes) is 15. The number of esters is 1. The zero-order valence-electron chi connectivity index (χ0n) is 19.4. The van der Waals surface area contributed by atoms with Crippen molar-refractivity contribution in [1.82, 2.24) is 0 Å². The Kier molecular flexibility index (Phi) is 19.3. The summed E-state index contributed by atoms with van der Waals surface area (Å²) in [7, 11) is 4.15. The van der Waals surface area contributed by atoms with E-state index in [4.69, 9.17) is 9.84 Å². The summed E-state index contributed by atoms with van der Waals surface area (Å²) in [6.07, 6.45) is 22.1. The fraction of sp³-hybridized carbons (Fsp3) is 0.958. The van der Waals surface area contributed by atoms with Gasteiger partial charge in [-0.1, -0.05) is 96.8 Å². The second-order valence-electron chi connectivity index (χ2n) is 9.06. The zero-order chi connectivity index (χ0) is 20.9. The first-order valence-corrected chi connectivity index (χ1v) is 12.1. The summed E-state index contributed by atoms with van der Waals surface area (Å²) < 4.78 is 5.62. The van der Waals surface area contributed by atoms with Gasteiger partial charge < -0.3 is 14.3 Å². The molecule has 0 saturated heterocycles. The van der Waals surface area contributed by atoms with Gasteiger partial charge in [0.05, 0.1) is 27.2 Å². The molecule has 0 saturated carbocycles. The molecular weight excluding hydrogens is 350 g/mol. The van der Waals surface area contributed by atoms with Gasteiger partial charge in [-0.25, -0.2) is 4.79 Å². The minimum Gasteiger partial charge on any atom is -0.459 e. The zero-order valence-corrected chi connectivity index (χ0v) is 19.4. The number of nitrogens with zero attached hydrogens (tertiary/aromatic N) is 1. The molecule has 0 rings (SSSR count). The van der Waals surface area contributed by atoms with Crippen molar-refractivity contribution in [2.45, 2.75) is 110 Å². The molecule has 0 bridgehead atoms. The third-order valence-corrected chi connectivity index (χ3v) is 5.53. The summed E-state index contributed by atoms with van der Waals surface area (Å²) in [4.78, 5) is 11.6. The summed E-state index contributed by atoms with van der Waals surface area (Å²) in [6.45, 7) is 3.69. The molecule has 0 aromatic rings. The quantitative estimate of drug-likeness (QED) is 0.149. The van der Waals surface area contributed by atoms with E-state index in [0.29, 0.717) is 11.0 Å². The predicted molar refractivity (Wildman–Crippen MR) is 119 cm³/mol. The van der Waals surface area contributed by atoms with Gasteiger partial charge in [0, 0.05) is 0 Å². The van der Waals surface area contributed by atoms with E-state index < -0.39 is 0 Å². The van der Waals surface area contributed by atoms with Crippen LogP contribution in [0.3, 0.4) is 0 Å². The maximum atomic E-state index is 11.6. The molecule has 0 unspecified atom stereocenters. The molecule has 0 spiro atoms. The van der Waals surface area contributed by atoms with Crippen molar-refractivity contribution < 1.29 is 19.1 Å². The second kappa shape index (κ2) is 19.7. The molecule has 28 heavy (non-hydrogen) atoms. The van der Waals surface area contributed by atoms with Gasteiger partial charge in [-0.3, -0.25) is 0 Å². The molecule has 0 aromatic heterocycles. The lowest BCUT2D eigenvalue weighted by molar-refractivity contribution is -0.883. The van der Waals surface area contributed by atoms with Gasteiger partial charge in [0.25, 0.3) is 0 Å². The Morgan fingerprint density at radius 1 is 0.714 bits per heavy atom. The minimum atomic E-state index is -0.212. The van der Waals surface area contributed by atoms with E-state index in [9.17, 15) is 4.79 Å². The first kappa shape index (κ1) is 27.4. The van der Waals surface area contributed by atoms with Gasteiger partial charge in [0.15, 0.2) is 6.54 Å². The molecule has 4 nitrogen and oxygen atoms in total. The largest absolute Gasteiger partial charge is 0.459 e. The fourth-order valence-electron chi connectivity index (χ4n) is 3.72. The molecule has 0 aliphatic carbocycles. The summed E-state index contributed by atoms with van der Waals surface area (Å²) in [5.41, 5.74) is 0. The lowest BCUT2D eigenvalue weighted by Crippen LogP contribution is -2.45. The van der Waals surface area contributed by atoms with Gasteiger partial charge in [-0.2, -0.15) is 0 Å². The molecule has 0 radical (unpaired) electrons. The van der Waals surface area contributed by atoms with Crippen LogP contribution in [0.1, 0.15) is 110 Å². The highest BCUT2D eigenvalue weighted by atomic mass is 16.5. The molecule has 1 N–H and O–H groups in total. The Hall–Kier alpha value is -0.610. The number of rotatable bonds is 21. The van der Waals surface area contributed by atoms with Crippen LogP contribution in [0.2, 0.25) is 0 Å². The van der Waals surface area contributed by atoms with E-state index in [1.54, 1.807) is 0 Å². The van der Waals surface area contributed by atoms with Gasteiger partial charge >= 0.3 is 5.97 Å². The van der Waals surface area contributed by atoms with Crippen LogP contribution < -0.4 is 0 Å². The number of likely N-dealkylation sites (N-methyl/N-ethyl adjacent to an activating group) is 1. The Bertz CT molecular complexity index is 345. The Morgan fingerprint density at radius 3 is 1.50 bits per heavy atom. The normalized spacial score (nSPS) is 11.7. The highest BCUT2D eigenvalue weighted by Crippen LogP contribution is 2.14. The summed E-state index contributed by atoms with van der Waals surface area (Å²) >= 11 is 0. The minimum absolute atomic E-state index is 0.0989. The number of hydrogen-bond donors (Lipinski definition) is 1. The Labute approximate surface area is 175 Å². The molecule has 0 heterocycles.